The Morgan fingerprint density at radius 1 is 1.32 bits per heavy atom. The Morgan fingerprint density at radius 2 is 2.16 bits per heavy atom. The van der Waals surface area contributed by atoms with Crippen molar-refractivity contribution in [2.75, 3.05) is 6.54 Å². The first kappa shape index (κ1) is 13.6. The van der Waals surface area contributed by atoms with Crippen molar-refractivity contribution >= 4 is 0 Å². The highest BCUT2D eigenvalue weighted by Gasteiger charge is 2.08. The number of nitrogens with one attached hydrogen (secondary N) is 1. The van der Waals surface area contributed by atoms with Gasteiger partial charge in [-0.1, -0.05) is 19.1 Å². The van der Waals surface area contributed by atoms with Crippen molar-refractivity contribution in [3.8, 4) is 11.8 Å². The van der Waals surface area contributed by atoms with Crippen LogP contribution in [-0.2, 0) is 6.54 Å². The molecule has 4 heteroatoms. The van der Waals surface area contributed by atoms with Gasteiger partial charge < -0.3 is 14.5 Å². The minimum Gasteiger partial charge on any atom is -0.417 e. The van der Waals surface area contributed by atoms with Gasteiger partial charge in [0.05, 0.1) is 5.69 Å². The summed E-state index contributed by atoms with van der Waals surface area (Å²) in [7, 11) is 0. The van der Waals surface area contributed by atoms with Crippen LogP contribution in [0.4, 0.5) is 0 Å². The second-order valence-electron chi connectivity index (χ2n) is 4.58. The minimum absolute atomic E-state index is 0.294. The molecular formula is C15H20N2O2. The van der Waals surface area contributed by atoms with Gasteiger partial charge in [-0.05, 0) is 44.0 Å². The summed E-state index contributed by atoms with van der Waals surface area (Å²) in [6, 6.07) is 5.93. The molecule has 0 unspecified atom stereocenters. The summed E-state index contributed by atoms with van der Waals surface area (Å²) >= 11 is 0. The predicted molar refractivity (Wildman–Crippen MR) is 74.5 cm³/mol. The van der Waals surface area contributed by atoms with Crippen LogP contribution in [0.1, 0.15) is 30.2 Å². The van der Waals surface area contributed by atoms with Crippen LogP contribution >= 0.6 is 0 Å². The van der Waals surface area contributed by atoms with Crippen molar-refractivity contribution in [3.05, 3.63) is 41.3 Å². The SMILES string of the molecule is CCCNCc1coc(Oc2cccc(C)c2C)n1. The summed E-state index contributed by atoms with van der Waals surface area (Å²) in [6.45, 7) is 7.88. The number of aromatic nitrogens is 1. The molecule has 0 atom stereocenters. The summed E-state index contributed by atoms with van der Waals surface area (Å²) < 4.78 is 11.0. The van der Waals surface area contributed by atoms with Crippen LogP contribution in [0.25, 0.3) is 0 Å². The summed E-state index contributed by atoms with van der Waals surface area (Å²) in [5.41, 5.74) is 3.15. The fraction of sp³-hybridized carbons (Fsp3) is 0.400. The molecule has 2 rings (SSSR count). The number of oxazole rings is 1. The Hall–Kier alpha value is -1.81. The lowest BCUT2D eigenvalue weighted by molar-refractivity contribution is 0.329. The molecule has 0 aliphatic rings. The second-order valence-corrected chi connectivity index (χ2v) is 4.58. The number of ether oxygens (including phenoxy) is 1. The van der Waals surface area contributed by atoms with E-state index in [2.05, 4.69) is 30.2 Å². The summed E-state index contributed by atoms with van der Waals surface area (Å²) in [6.07, 6.45) is 3.02. The Morgan fingerprint density at radius 3 is 2.95 bits per heavy atom. The number of rotatable bonds is 6. The first-order valence-electron chi connectivity index (χ1n) is 6.60. The molecule has 19 heavy (non-hydrogen) atoms. The molecule has 1 heterocycles. The van der Waals surface area contributed by atoms with Crippen LogP contribution < -0.4 is 10.1 Å². The van der Waals surface area contributed by atoms with E-state index >= 15 is 0 Å². The first-order chi connectivity index (χ1) is 9.20. The average molecular weight is 260 g/mol. The second kappa shape index (κ2) is 6.38. The van der Waals surface area contributed by atoms with Gasteiger partial charge in [-0.25, -0.2) is 0 Å². The maximum atomic E-state index is 5.67. The maximum Gasteiger partial charge on any atom is 0.399 e. The lowest BCUT2D eigenvalue weighted by atomic mass is 10.1. The van der Waals surface area contributed by atoms with Gasteiger partial charge in [0.25, 0.3) is 0 Å². The average Bonchev–Trinajstić information content (AvgIpc) is 2.83. The number of hydrogen-bond acceptors (Lipinski definition) is 4. The van der Waals surface area contributed by atoms with E-state index in [4.69, 9.17) is 9.15 Å². The molecule has 0 aliphatic carbocycles. The standard InChI is InChI=1S/C15H20N2O2/c1-4-8-16-9-13-10-18-15(17-13)19-14-7-5-6-11(2)12(14)3/h5-7,10,16H,4,8-9H2,1-3H3. The lowest BCUT2D eigenvalue weighted by Crippen LogP contribution is -2.13. The van der Waals surface area contributed by atoms with Gasteiger partial charge >= 0.3 is 6.08 Å². The molecule has 0 saturated heterocycles. The molecule has 1 aromatic heterocycles. The molecule has 4 nitrogen and oxygen atoms in total. The topological polar surface area (TPSA) is 47.3 Å². The number of nitrogens with zero attached hydrogens (tertiary/aromatic N) is 1. The van der Waals surface area contributed by atoms with Crippen molar-refractivity contribution in [1.82, 2.24) is 10.3 Å². The van der Waals surface area contributed by atoms with Gasteiger partial charge in [-0.15, -0.1) is 0 Å². The summed E-state index contributed by atoms with van der Waals surface area (Å²) in [4.78, 5) is 4.30. The molecule has 0 spiro atoms. The lowest BCUT2D eigenvalue weighted by Gasteiger charge is -2.06. The van der Waals surface area contributed by atoms with E-state index < -0.39 is 0 Å². The van der Waals surface area contributed by atoms with Crippen LogP contribution in [0.3, 0.4) is 0 Å². The third-order valence-electron chi connectivity index (χ3n) is 3.02. The zero-order valence-corrected chi connectivity index (χ0v) is 11.7. The molecule has 0 amide bonds. The summed E-state index contributed by atoms with van der Waals surface area (Å²) in [5.74, 6) is 0.787. The third kappa shape index (κ3) is 3.58. The van der Waals surface area contributed by atoms with Crippen molar-refractivity contribution in [1.29, 1.82) is 0 Å². The van der Waals surface area contributed by atoms with Crippen LogP contribution in [0.2, 0.25) is 0 Å². The Bertz CT molecular complexity index is 535. The highest BCUT2D eigenvalue weighted by atomic mass is 16.6. The van der Waals surface area contributed by atoms with Crippen LogP contribution in [0.15, 0.2) is 28.9 Å². The molecular weight excluding hydrogens is 240 g/mol. The van der Waals surface area contributed by atoms with E-state index in [1.165, 1.54) is 5.56 Å². The van der Waals surface area contributed by atoms with E-state index in [-0.39, 0.29) is 0 Å². The van der Waals surface area contributed by atoms with E-state index in [0.29, 0.717) is 12.6 Å². The van der Waals surface area contributed by atoms with Crippen LogP contribution in [-0.4, -0.2) is 11.5 Å². The number of benzene rings is 1. The quantitative estimate of drug-likeness (QED) is 0.806. The van der Waals surface area contributed by atoms with Crippen molar-refractivity contribution in [2.24, 2.45) is 0 Å². The highest BCUT2D eigenvalue weighted by Crippen LogP contribution is 2.26. The fourth-order valence-corrected chi connectivity index (χ4v) is 1.74. The zero-order chi connectivity index (χ0) is 13.7. The van der Waals surface area contributed by atoms with Crippen molar-refractivity contribution < 1.29 is 9.15 Å². The van der Waals surface area contributed by atoms with Crippen LogP contribution in [0.5, 0.6) is 11.8 Å². The molecule has 1 N–H and O–H groups in total. The van der Waals surface area contributed by atoms with Crippen LogP contribution in [0, 0.1) is 13.8 Å². The van der Waals surface area contributed by atoms with E-state index in [0.717, 1.165) is 30.0 Å². The number of aryl methyl sites for hydroxylation is 1. The van der Waals surface area contributed by atoms with E-state index in [1.807, 2.05) is 19.1 Å². The highest BCUT2D eigenvalue weighted by molar-refractivity contribution is 5.39. The van der Waals surface area contributed by atoms with Gasteiger partial charge in [-0.3, -0.25) is 0 Å². The summed E-state index contributed by atoms with van der Waals surface area (Å²) in [5, 5.41) is 3.27. The third-order valence-corrected chi connectivity index (χ3v) is 3.02. The van der Waals surface area contributed by atoms with Crippen molar-refractivity contribution in [2.45, 2.75) is 33.7 Å². The van der Waals surface area contributed by atoms with Gasteiger partial charge in [0.2, 0.25) is 0 Å². The molecule has 0 bridgehead atoms. The zero-order valence-electron chi connectivity index (χ0n) is 11.7. The molecule has 102 valence electrons. The fourth-order valence-electron chi connectivity index (χ4n) is 1.74. The van der Waals surface area contributed by atoms with Gasteiger partial charge in [0, 0.05) is 6.54 Å². The Balaban J connectivity index is 2.01. The molecule has 0 aliphatic heterocycles. The Kier molecular flexibility index (Phi) is 4.58. The van der Waals surface area contributed by atoms with Gasteiger partial charge in [0.15, 0.2) is 0 Å². The largest absolute Gasteiger partial charge is 0.417 e. The molecule has 2 aromatic rings. The first-order valence-corrected chi connectivity index (χ1v) is 6.60. The smallest absolute Gasteiger partial charge is 0.399 e. The molecule has 1 aromatic carbocycles. The van der Waals surface area contributed by atoms with Crippen molar-refractivity contribution in [3.63, 3.8) is 0 Å². The van der Waals surface area contributed by atoms with Gasteiger partial charge in [0.1, 0.15) is 12.0 Å². The minimum atomic E-state index is 0.294. The Labute approximate surface area is 113 Å². The number of hydrogen-bond donors (Lipinski definition) is 1. The molecule has 0 fully saturated rings. The molecule has 0 saturated carbocycles. The molecule has 0 radical (unpaired) electrons. The predicted octanol–water partition coefficient (Wildman–Crippen LogP) is 3.58. The maximum absolute atomic E-state index is 5.67. The van der Waals surface area contributed by atoms with Gasteiger partial charge in [-0.2, -0.15) is 4.98 Å². The normalized spacial score (nSPS) is 10.7. The van der Waals surface area contributed by atoms with E-state index in [1.54, 1.807) is 6.26 Å². The monoisotopic (exact) mass is 260 g/mol. The van der Waals surface area contributed by atoms with E-state index in [9.17, 15) is 0 Å².